The van der Waals surface area contributed by atoms with Crippen LogP contribution in [0.2, 0.25) is 0 Å². The number of likely N-dealkylation sites (tertiary alicyclic amines) is 1. The van der Waals surface area contributed by atoms with Crippen LogP contribution in [0.25, 0.3) is 11.0 Å². The van der Waals surface area contributed by atoms with Crippen LogP contribution in [0.1, 0.15) is 24.6 Å². The van der Waals surface area contributed by atoms with Crippen molar-refractivity contribution in [3.05, 3.63) is 29.8 Å². The summed E-state index contributed by atoms with van der Waals surface area (Å²) in [5.74, 6) is 1.28. The number of nitrogens with one attached hydrogen (secondary N) is 2. The number of nitriles is 1. The minimum Gasteiger partial charge on any atom is -0.354 e. The Hall–Kier alpha value is -3.61. The molecule has 1 saturated heterocycles. The molecule has 2 N–H and O–H groups in total. The summed E-state index contributed by atoms with van der Waals surface area (Å²) in [7, 11) is 1.99. The van der Waals surface area contributed by atoms with Gasteiger partial charge in [0.25, 0.3) is 5.88 Å². The molecule has 0 aromatic carbocycles. The molecular weight excluding hydrogens is 372 g/mol. The zero-order chi connectivity index (χ0) is 20.5. The zero-order valence-corrected chi connectivity index (χ0v) is 16.5. The Bertz CT molecular complexity index is 1080. The number of aromatic amines is 1. The number of aromatic nitrogens is 4. The zero-order valence-electron chi connectivity index (χ0n) is 16.5. The summed E-state index contributed by atoms with van der Waals surface area (Å²) in [4.78, 5) is 28.5. The minimum absolute atomic E-state index is 0.0781. The first kappa shape index (κ1) is 18.7. The average Bonchev–Trinajstić information content (AvgIpc) is 3.33. The molecule has 3 aromatic heterocycles. The van der Waals surface area contributed by atoms with E-state index in [1.54, 1.807) is 11.8 Å². The molecule has 2 atom stereocenters. The smallest absolute Gasteiger partial charge is 0.324 e. The minimum atomic E-state index is -0.308. The maximum absolute atomic E-state index is 12.8. The van der Waals surface area contributed by atoms with Crippen molar-refractivity contribution < 1.29 is 9.32 Å². The molecule has 2 amide bonds. The molecule has 0 saturated carbocycles. The van der Waals surface area contributed by atoms with Gasteiger partial charge in [0.1, 0.15) is 35.1 Å². The molecule has 150 valence electrons. The molecule has 10 nitrogen and oxygen atoms in total. The van der Waals surface area contributed by atoms with E-state index in [2.05, 4.69) is 37.2 Å². The number of urea groups is 1. The number of likely N-dealkylation sites (N-methyl/N-ethyl adjacent to an activating group) is 1. The highest BCUT2D eigenvalue weighted by Gasteiger charge is 2.33. The van der Waals surface area contributed by atoms with Crippen LogP contribution in [-0.2, 0) is 0 Å². The second-order valence-electron chi connectivity index (χ2n) is 7.34. The van der Waals surface area contributed by atoms with Crippen LogP contribution >= 0.6 is 0 Å². The van der Waals surface area contributed by atoms with Crippen molar-refractivity contribution >= 4 is 28.8 Å². The largest absolute Gasteiger partial charge is 0.354 e. The van der Waals surface area contributed by atoms with Gasteiger partial charge in [0.05, 0.1) is 11.4 Å². The van der Waals surface area contributed by atoms with Crippen LogP contribution < -0.4 is 10.2 Å². The van der Waals surface area contributed by atoms with Crippen molar-refractivity contribution in [1.82, 2.24) is 25.0 Å². The Morgan fingerprint density at radius 3 is 3.10 bits per heavy atom. The van der Waals surface area contributed by atoms with E-state index in [0.29, 0.717) is 24.7 Å². The second-order valence-corrected chi connectivity index (χ2v) is 7.34. The monoisotopic (exact) mass is 394 g/mol. The van der Waals surface area contributed by atoms with Crippen molar-refractivity contribution in [1.29, 1.82) is 5.26 Å². The van der Waals surface area contributed by atoms with Crippen LogP contribution in [0.4, 0.5) is 16.5 Å². The van der Waals surface area contributed by atoms with Gasteiger partial charge in [0.2, 0.25) is 0 Å². The molecule has 1 aliphatic heterocycles. The highest BCUT2D eigenvalue weighted by Crippen LogP contribution is 2.29. The van der Waals surface area contributed by atoms with Gasteiger partial charge >= 0.3 is 6.03 Å². The number of H-pyrrole nitrogens is 1. The summed E-state index contributed by atoms with van der Waals surface area (Å²) in [5.41, 5.74) is 1.48. The number of aryl methyl sites for hydroxylation is 1. The van der Waals surface area contributed by atoms with Gasteiger partial charge in [0, 0.05) is 26.3 Å². The molecule has 29 heavy (non-hydrogen) atoms. The molecule has 3 aromatic rings. The second kappa shape index (κ2) is 7.43. The number of anilines is 2. The predicted molar refractivity (Wildman–Crippen MR) is 106 cm³/mol. The van der Waals surface area contributed by atoms with Crippen molar-refractivity contribution in [3.63, 3.8) is 0 Å². The number of rotatable bonds is 3. The molecule has 4 rings (SSSR count). The Balaban J connectivity index is 1.52. The Kier molecular flexibility index (Phi) is 4.80. The fraction of sp³-hybridized carbons (Fsp3) is 0.421. The lowest BCUT2D eigenvalue weighted by Crippen LogP contribution is -2.53. The quantitative estimate of drug-likeness (QED) is 0.698. The van der Waals surface area contributed by atoms with Crippen LogP contribution in [0, 0.1) is 24.2 Å². The van der Waals surface area contributed by atoms with Crippen molar-refractivity contribution in [3.8, 4) is 6.07 Å². The molecule has 4 heterocycles. The van der Waals surface area contributed by atoms with Gasteiger partial charge in [-0.15, -0.1) is 0 Å². The van der Waals surface area contributed by atoms with Crippen LogP contribution in [-0.4, -0.2) is 57.2 Å². The van der Waals surface area contributed by atoms with Gasteiger partial charge in [-0.25, -0.2) is 14.8 Å². The normalized spacial score (nSPS) is 19.2. The molecule has 10 heteroatoms. The third-order valence-corrected chi connectivity index (χ3v) is 5.57. The first-order valence-electron chi connectivity index (χ1n) is 9.42. The summed E-state index contributed by atoms with van der Waals surface area (Å²) in [5, 5.41) is 16.6. The highest BCUT2D eigenvalue weighted by molar-refractivity contribution is 5.90. The van der Waals surface area contributed by atoms with E-state index in [-0.39, 0.29) is 23.5 Å². The first-order chi connectivity index (χ1) is 14.0. The maximum atomic E-state index is 12.8. The van der Waals surface area contributed by atoms with Gasteiger partial charge in [-0.3, -0.25) is 5.32 Å². The maximum Gasteiger partial charge on any atom is 0.324 e. The topological polar surface area (TPSA) is 127 Å². The lowest BCUT2D eigenvalue weighted by Gasteiger charge is -2.42. The average molecular weight is 394 g/mol. The van der Waals surface area contributed by atoms with E-state index in [1.165, 1.54) is 6.33 Å². The molecule has 0 spiro atoms. The lowest BCUT2D eigenvalue weighted by atomic mass is 9.92. The number of carbonyl (C=O) groups excluding carboxylic acids is 1. The van der Waals surface area contributed by atoms with E-state index in [1.807, 2.05) is 25.4 Å². The Morgan fingerprint density at radius 1 is 1.48 bits per heavy atom. The summed E-state index contributed by atoms with van der Waals surface area (Å²) in [6, 6.07) is 3.73. The summed E-state index contributed by atoms with van der Waals surface area (Å²) >= 11 is 0. The number of fused-ring (bicyclic) bond motifs is 1. The van der Waals surface area contributed by atoms with Gasteiger partial charge in [-0.2, -0.15) is 5.26 Å². The fourth-order valence-electron chi connectivity index (χ4n) is 3.80. The van der Waals surface area contributed by atoms with E-state index in [4.69, 9.17) is 4.52 Å². The van der Waals surface area contributed by atoms with Gasteiger partial charge in [-0.05, 0) is 25.3 Å². The predicted octanol–water partition coefficient (Wildman–Crippen LogP) is 2.50. The van der Waals surface area contributed by atoms with Gasteiger partial charge in [-0.1, -0.05) is 12.1 Å². The molecule has 1 aliphatic rings. The molecule has 0 unspecified atom stereocenters. The Morgan fingerprint density at radius 2 is 2.31 bits per heavy atom. The lowest BCUT2D eigenvalue weighted by molar-refractivity contribution is 0.171. The molecule has 1 fully saturated rings. The van der Waals surface area contributed by atoms with Crippen LogP contribution in [0.15, 0.2) is 23.1 Å². The van der Waals surface area contributed by atoms with Crippen molar-refractivity contribution in [2.45, 2.75) is 26.3 Å². The summed E-state index contributed by atoms with van der Waals surface area (Å²) < 4.78 is 5.09. The fourth-order valence-corrected chi connectivity index (χ4v) is 3.80. The Labute approximate surface area is 167 Å². The van der Waals surface area contributed by atoms with Gasteiger partial charge < -0.3 is 19.3 Å². The highest BCUT2D eigenvalue weighted by atomic mass is 16.5. The summed E-state index contributed by atoms with van der Waals surface area (Å²) in [6.07, 6.45) is 4.23. The number of nitrogens with zero attached hydrogens (tertiary/aromatic N) is 6. The number of hydrogen-bond donors (Lipinski definition) is 2. The number of hydrogen-bond acceptors (Lipinski definition) is 7. The first-order valence-corrected chi connectivity index (χ1v) is 9.42. The third-order valence-electron chi connectivity index (χ3n) is 5.57. The molecular formula is C19H22N8O2. The van der Waals surface area contributed by atoms with Crippen molar-refractivity contribution in [2.24, 2.45) is 5.92 Å². The van der Waals surface area contributed by atoms with Crippen LogP contribution in [0.3, 0.4) is 0 Å². The number of carbonyl (C=O) groups is 1. The molecule has 0 bridgehead atoms. The SMILES string of the molecule is Cc1noc(NC(=O)N2CC[C@@H](C)[C@@H](N(C)c3ncnc4[nH]ccc34)C2)c1C#N. The van der Waals surface area contributed by atoms with Gasteiger partial charge in [0.15, 0.2) is 0 Å². The third kappa shape index (κ3) is 3.35. The standard InChI is InChI=1S/C19H22N8O2/c1-11-5-7-27(19(28)24-18-14(8-20)12(2)25-29-18)9-15(11)26(3)17-13-4-6-21-16(13)22-10-23-17/h4,6,10-11,15H,5,7,9H2,1-3H3,(H,24,28)(H,21,22,23)/t11-,15+/m1/s1. The number of amides is 2. The van der Waals surface area contributed by atoms with E-state index in [0.717, 1.165) is 23.3 Å². The number of piperidine rings is 1. The van der Waals surface area contributed by atoms with Crippen molar-refractivity contribution in [2.75, 3.05) is 30.4 Å². The van der Waals surface area contributed by atoms with E-state index >= 15 is 0 Å². The molecule has 0 aliphatic carbocycles. The summed E-state index contributed by atoms with van der Waals surface area (Å²) in [6.45, 7) is 4.98. The molecule has 0 radical (unpaired) electrons. The van der Waals surface area contributed by atoms with Crippen LogP contribution in [0.5, 0.6) is 0 Å². The van der Waals surface area contributed by atoms with E-state index in [9.17, 15) is 10.1 Å². The van der Waals surface area contributed by atoms with E-state index < -0.39 is 0 Å².